The zero-order valence-electron chi connectivity index (χ0n) is 13.9. The first-order chi connectivity index (χ1) is 12.4. The maximum absolute atomic E-state index is 14.6. The average molecular weight is 383 g/mol. The van der Waals surface area contributed by atoms with Crippen LogP contribution in [0.2, 0.25) is 5.15 Å². The molecule has 1 aromatic carbocycles. The SMILES string of the molecule is CNc1c(C(=O)c2c(F)c(OC)cc(OC)c2F)oc2cnc(Cl)cc12. The number of nitrogens with one attached hydrogen (secondary N) is 1. The molecule has 0 aliphatic carbocycles. The first-order valence-corrected chi connectivity index (χ1v) is 7.71. The molecule has 6 nitrogen and oxygen atoms in total. The van der Waals surface area contributed by atoms with Crippen molar-refractivity contribution in [1.82, 2.24) is 4.98 Å². The lowest BCUT2D eigenvalue weighted by molar-refractivity contribution is 0.100. The molecule has 136 valence electrons. The van der Waals surface area contributed by atoms with E-state index in [0.29, 0.717) is 5.39 Å². The van der Waals surface area contributed by atoms with Gasteiger partial charge in [-0.15, -0.1) is 0 Å². The van der Waals surface area contributed by atoms with Crippen LogP contribution >= 0.6 is 11.6 Å². The van der Waals surface area contributed by atoms with E-state index in [4.69, 9.17) is 25.5 Å². The molecular formula is C17H13ClF2N2O4. The second-order valence-corrected chi connectivity index (χ2v) is 5.56. The van der Waals surface area contributed by atoms with Crippen LogP contribution in [0.25, 0.3) is 11.0 Å². The van der Waals surface area contributed by atoms with Crippen molar-refractivity contribution >= 4 is 34.0 Å². The van der Waals surface area contributed by atoms with Gasteiger partial charge in [-0.25, -0.2) is 13.8 Å². The van der Waals surface area contributed by atoms with Gasteiger partial charge in [0.1, 0.15) is 10.7 Å². The van der Waals surface area contributed by atoms with Crippen LogP contribution in [0.3, 0.4) is 0 Å². The molecule has 0 atom stereocenters. The number of nitrogens with zero attached hydrogens (tertiary/aromatic N) is 1. The Morgan fingerprint density at radius 1 is 1.19 bits per heavy atom. The number of furan rings is 1. The molecule has 26 heavy (non-hydrogen) atoms. The Hall–Kier alpha value is -2.87. The van der Waals surface area contributed by atoms with Gasteiger partial charge in [0.15, 0.2) is 34.5 Å². The van der Waals surface area contributed by atoms with Crippen molar-refractivity contribution in [2.75, 3.05) is 26.6 Å². The third kappa shape index (κ3) is 2.72. The van der Waals surface area contributed by atoms with E-state index < -0.39 is 23.0 Å². The highest BCUT2D eigenvalue weighted by Gasteiger charge is 2.31. The van der Waals surface area contributed by atoms with Crippen LogP contribution in [-0.2, 0) is 0 Å². The molecule has 0 amide bonds. The molecule has 0 aliphatic heterocycles. The molecule has 0 saturated carbocycles. The molecule has 0 radical (unpaired) electrons. The minimum atomic E-state index is -1.16. The maximum Gasteiger partial charge on any atom is 0.236 e. The Balaban J connectivity index is 2.27. The monoisotopic (exact) mass is 382 g/mol. The van der Waals surface area contributed by atoms with Gasteiger partial charge in [0, 0.05) is 18.5 Å². The Morgan fingerprint density at radius 2 is 1.81 bits per heavy atom. The summed E-state index contributed by atoms with van der Waals surface area (Å²) in [6.45, 7) is 0. The smallest absolute Gasteiger partial charge is 0.236 e. The number of halogens is 3. The van der Waals surface area contributed by atoms with Gasteiger partial charge < -0.3 is 19.2 Å². The Morgan fingerprint density at radius 3 is 2.35 bits per heavy atom. The molecule has 1 N–H and O–H groups in total. The number of aromatic nitrogens is 1. The molecule has 9 heteroatoms. The number of benzene rings is 1. The highest BCUT2D eigenvalue weighted by Crippen LogP contribution is 2.37. The van der Waals surface area contributed by atoms with Crippen LogP contribution in [0.4, 0.5) is 14.5 Å². The molecule has 0 unspecified atom stereocenters. The number of pyridine rings is 1. The normalized spacial score (nSPS) is 10.8. The number of hydrogen-bond donors (Lipinski definition) is 1. The van der Waals surface area contributed by atoms with Crippen molar-refractivity contribution < 1.29 is 27.5 Å². The number of rotatable bonds is 5. The summed E-state index contributed by atoms with van der Waals surface area (Å²) in [5.41, 5.74) is -0.386. The summed E-state index contributed by atoms with van der Waals surface area (Å²) in [5, 5.41) is 3.41. The summed E-state index contributed by atoms with van der Waals surface area (Å²) >= 11 is 5.86. The fourth-order valence-electron chi connectivity index (χ4n) is 2.58. The zero-order valence-corrected chi connectivity index (χ0v) is 14.7. The molecule has 2 aromatic heterocycles. The van der Waals surface area contributed by atoms with Crippen LogP contribution in [0.5, 0.6) is 11.5 Å². The van der Waals surface area contributed by atoms with Crippen molar-refractivity contribution in [3.8, 4) is 11.5 Å². The molecule has 0 spiro atoms. The highest BCUT2D eigenvalue weighted by atomic mass is 35.5. The van der Waals surface area contributed by atoms with E-state index in [1.54, 1.807) is 0 Å². The summed E-state index contributed by atoms with van der Waals surface area (Å²) in [7, 11) is 3.92. The van der Waals surface area contributed by atoms with Crippen LogP contribution in [0.15, 0.2) is 22.7 Å². The fraction of sp³-hybridized carbons (Fsp3) is 0.176. The number of ether oxygens (including phenoxy) is 2. The van der Waals surface area contributed by atoms with E-state index in [0.717, 1.165) is 6.07 Å². The standard InChI is InChI=1S/C17H13ClF2N2O4/c1-21-15-7-4-11(18)22-6-10(7)26-17(15)16(23)12-13(19)8(24-2)5-9(25-3)14(12)20/h4-6,21H,1-3H3. The summed E-state index contributed by atoms with van der Waals surface area (Å²) in [6, 6.07) is 2.49. The van der Waals surface area contributed by atoms with Crippen LogP contribution in [-0.4, -0.2) is 32.0 Å². The van der Waals surface area contributed by atoms with Crippen molar-refractivity contribution in [3.63, 3.8) is 0 Å². The fourth-order valence-corrected chi connectivity index (χ4v) is 2.74. The van der Waals surface area contributed by atoms with Crippen molar-refractivity contribution in [2.24, 2.45) is 0 Å². The minimum absolute atomic E-state index is 0.175. The Bertz CT molecular complexity index is 992. The summed E-state index contributed by atoms with van der Waals surface area (Å²) in [5.74, 6) is -4.30. The largest absolute Gasteiger partial charge is 0.494 e. The third-order valence-corrected chi connectivity index (χ3v) is 4.01. The lowest BCUT2D eigenvalue weighted by Gasteiger charge is -2.11. The van der Waals surface area contributed by atoms with E-state index in [2.05, 4.69) is 10.3 Å². The molecule has 0 fully saturated rings. The lowest BCUT2D eigenvalue weighted by Crippen LogP contribution is -2.11. The second-order valence-electron chi connectivity index (χ2n) is 5.17. The van der Waals surface area contributed by atoms with Crippen LogP contribution < -0.4 is 14.8 Å². The molecule has 0 bridgehead atoms. The molecule has 2 heterocycles. The topological polar surface area (TPSA) is 73.6 Å². The number of carbonyl (C=O) groups excluding carboxylic acids is 1. The van der Waals surface area contributed by atoms with Crippen molar-refractivity contribution in [2.45, 2.75) is 0 Å². The van der Waals surface area contributed by atoms with Crippen LogP contribution in [0.1, 0.15) is 16.1 Å². The predicted octanol–water partition coefficient (Wildman–Crippen LogP) is 4.05. The number of carbonyl (C=O) groups is 1. The first kappa shape index (κ1) is 17.9. The van der Waals surface area contributed by atoms with Gasteiger partial charge in [-0.05, 0) is 6.07 Å². The van der Waals surface area contributed by atoms with Gasteiger partial charge in [-0.2, -0.15) is 0 Å². The zero-order chi connectivity index (χ0) is 19.0. The van der Waals surface area contributed by atoms with Gasteiger partial charge in [-0.3, -0.25) is 4.79 Å². The Kier molecular flexibility index (Phi) is 4.69. The first-order valence-electron chi connectivity index (χ1n) is 7.33. The van der Waals surface area contributed by atoms with Crippen molar-refractivity contribution in [3.05, 3.63) is 46.4 Å². The third-order valence-electron chi connectivity index (χ3n) is 3.80. The lowest BCUT2D eigenvalue weighted by atomic mass is 10.0. The molecular weight excluding hydrogens is 370 g/mol. The highest BCUT2D eigenvalue weighted by molar-refractivity contribution is 6.30. The quantitative estimate of drug-likeness (QED) is 0.530. The number of ketones is 1. The van der Waals surface area contributed by atoms with E-state index in [-0.39, 0.29) is 33.7 Å². The van der Waals surface area contributed by atoms with E-state index in [9.17, 15) is 13.6 Å². The van der Waals surface area contributed by atoms with Gasteiger partial charge in [0.05, 0.1) is 26.1 Å². The molecule has 0 saturated heterocycles. The second kappa shape index (κ2) is 6.80. The van der Waals surface area contributed by atoms with Gasteiger partial charge in [0.25, 0.3) is 0 Å². The van der Waals surface area contributed by atoms with Crippen molar-refractivity contribution in [1.29, 1.82) is 0 Å². The molecule has 3 aromatic rings. The van der Waals surface area contributed by atoms with E-state index in [1.807, 2.05) is 0 Å². The van der Waals surface area contributed by atoms with Gasteiger partial charge in [0.2, 0.25) is 5.78 Å². The maximum atomic E-state index is 14.6. The van der Waals surface area contributed by atoms with Gasteiger partial charge >= 0.3 is 0 Å². The number of anilines is 1. The molecule has 3 rings (SSSR count). The average Bonchev–Trinajstić information content (AvgIpc) is 2.99. The summed E-state index contributed by atoms with van der Waals surface area (Å²) < 4.78 is 44.4. The Labute approximate surface area is 151 Å². The van der Waals surface area contributed by atoms with Gasteiger partial charge in [-0.1, -0.05) is 11.6 Å². The summed E-state index contributed by atoms with van der Waals surface area (Å²) in [6.07, 6.45) is 1.31. The molecule has 0 aliphatic rings. The summed E-state index contributed by atoms with van der Waals surface area (Å²) in [4.78, 5) is 16.7. The van der Waals surface area contributed by atoms with Crippen LogP contribution in [0, 0.1) is 11.6 Å². The van der Waals surface area contributed by atoms with E-state index >= 15 is 0 Å². The minimum Gasteiger partial charge on any atom is -0.494 e. The number of fused-ring (bicyclic) bond motifs is 1. The number of methoxy groups -OCH3 is 2. The number of hydrogen-bond acceptors (Lipinski definition) is 6. The predicted molar refractivity (Wildman–Crippen MR) is 91.5 cm³/mol. The van der Waals surface area contributed by atoms with E-state index in [1.165, 1.54) is 33.5 Å².